The zero-order valence-electron chi connectivity index (χ0n) is 9.97. The largest absolute Gasteiger partial charge is 0.394 e. The van der Waals surface area contributed by atoms with Crippen molar-refractivity contribution in [3.8, 4) is 0 Å². The standard InChI is InChI=1S/C10H15N5O4/c11-8-7-9(13-3-12-7)14-4-15(8)10(18)1-5(17)6(2-16)19-10/h3-6,8,16-18H,1-2,11H2,(H,12,13)/t5-,6+,8?,10-/m0/s1. The van der Waals surface area contributed by atoms with Crippen LogP contribution in [0.25, 0.3) is 0 Å². The summed E-state index contributed by atoms with van der Waals surface area (Å²) in [7, 11) is 0. The van der Waals surface area contributed by atoms with Gasteiger partial charge in [0.15, 0.2) is 5.82 Å². The second-order valence-electron chi connectivity index (χ2n) is 4.59. The zero-order chi connectivity index (χ0) is 13.6. The molecule has 0 aromatic carbocycles. The predicted octanol–water partition coefficient (Wildman–Crippen LogP) is -1.87. The van der Waals surface area contributed by atoms with Gasteiger partial charge in [-0.2, -0.15) is 0 Å². The number of aliphatic imine (C=N–C) groups is 1. The van der Waals surface area contributed by atoms with E-state index in [2.05, 4.69) is 15.0 Å². The van der Waals surface area contributed by atoms with Crippen molar-refractivity contribution in [3.05, 3.63) is 12.0 Å². The minimum Gasteiger partial charge on any atom is -0.394 e. The molecule has 6 N–H and O–H groups in total. The number of aromatic amines is 1. The van der Waals surface area contributed by atoms with Gasteiger partial charge < -0.3 is 30.8 Å². The number of rotatable bonds is 2. The van der Waals surface area contributed by atoms with E-state index in [9.17, 15) is 10.2 Å². The summed E-state index contributed by atoms with van der Waals surface area (Å²) in [6.45, 7) is -0.390. The van der Waals surface area contributed by atoms with Crippen LogP contribution in [0.2, 0.25) is 0 Å². The van der Waals surface area contributed by atoms with Crippen LogP contribution in [0.4, 0.5) is 5.82 Å². The van der Waals surface area contributed by atoms with Gasteiger partial charge >= 0.3 is 0 Å². The minimum absolute atomic E-state index is 0.0958. The van der Waals surface area contributed by atoms with Crippen LogP contribution in [-0.2, 0) is 4.74 Å². The number of ether oxygens (including phenoxy) is 1. The van der Waals surface area contributed by atoms with Crippen LogP contribution in [0.15, 0.2) is 11.3 Å². The van der Waals surface area contributed by atoms with Gasteiger partial charge in [-0.15, -0.1) is 0 Å². The van der Waals surface area contributed by atoms with Crippen molar-refractivity contribution in [2.75, 3.05) is 6.61 Å². The van der Waals surface area contributed by atoms with Crippen LogP contribution in [0.3, 0.4) is 0 Å². The Balaban J connectivity index is 1.88. The first-order chi connectivity index (χ1) is 9.05. The molecule has 2 aliphatic heterocycles. The lowest BCUT2D eigenvalue weighted by molar-refractivity contribution is -0.271. The number of hydrogen-bond acceptors (Lipinski definition) is 8. The number of H-pyrrole nitrogens is 1. The number of fused-ring (bicyclic) bond motifs is 1. The minimum atomic E-state index is -1.81. The highest BCUT2D eigenvalue weighted by Gasteiger charge is 2.50. The molecule has 0 amide bonds. The van der Waals surface area contributed by atoms with Gasteiger partial charge in [-0.05, 0) is 0 Å². The molecular formula is C10H15N5O4. The van der Waals surface area contributed by atoms with E-state index < -0.39 is 24.3 Å². The molecule has 9 nitrogen and oxygen atoms in total. The first-order valence-corrected chi connectivity index (χ1v) is 5.86. The quantitative estimate of drug-likeness (QED) is 0.423. The summed E-state index contributed by atoms with van der Waals surface area (Å²) in [5.74, 6) is -1.36. The van der Waals surface area contributed by atoms with E-state index in [4.69, 9.17) is 15.6 Å². The molecule has 9 heteroatoms. The van der Waals surface area contributed by atoms with E-state index in [-0.39, 0.29) is 13.0 Å². The van der Waals surface area contributed by atoms with Crippen molar-refractivity contribution >= 4 is 12.2 Å². The van der Waals surface area contributed by atoms with Gasteiger partial charge in [0, 0.05) is 0 Å². The molecule has 1 saturated heterocycles. The summed E-state index contributed by atoms with van der Waals surface area (Å²) in [5, 5.41) is 29.2. The van der Waals surface area contributed by atoms with Crippen molar-refractivity contribution in [2.45, 2.75) is 30.7 Å². The van der Waals surface area contributed by atoms with Gasteiger partial charge in [0.05, 0.1) is 37.5 Å². The number of hydrogen-bond donors (Lipinski definition) is 5. The first-order valence-electron chi connectivity index (χ1n) is 5.86. The third-order valence-electron chi connectivity index (χ3n) is 3.38. The SMILES string of the molecule is NC1c2[nH]cnc2N=CN1[C@]1(O)C[C@H](O)[C@@H](CO)O1. The molecule has 104 valence electrons. The molecule has 0 saturated carbocycles. The predicted molar refractivity (Wildman–Crippen MR) is 63.0 cm³/mol. The Bertz CT molecular complexity index is 506. The molecule has 1 unspecified atom stereocenters. The third kappa shape index (κ3) is 1.83. The number of aliphatic hydroxyl groups excluding tert-OH is 2. The fourth-order valence-corrected chi connectivity index (χ4v) is 2.35. The first kappa shape index (κ1) is 12.5. The number of aromatic nitrogens is 2. The summed E-state index contributed by atoms with van der Waals surface area (Å²) in [5.41, 5.74) is 6.55. The van der Waals surface area contributed by atoms with E-state index >= 15 is 0 Å². The Morgan fingerprint density at radius 2 is 2.42 bits per heavy atom. The second-order valence-corrected chi connectivity index (χ2v) is 4.59. The monoisotopic (exact) mass is 269 g/mol. The number of nitrogens with one attached hydrogen (secondary N) is 1. The maximum atomic E-state index is 10.4. The van der Waals surface area contributed by atoms with Crippen LogP contribution in [0.1, 0.15) is 18.3 Å². The van der Waals surface area contributed by atoms with Crippen LogP contribution >= 0.6 is 0 Å². The lowest BCUT2D eigenvalue weighted by Gasteiger charge is -2.39. The highest BCUT2D eigenvalue weighted by molar-refractivity contribution is 5.65. The number of aliphatic hydroxyl groups is 3. The third-order valence-corrected chi connectivity index (χ3v) is 3.38. The summed E-state index contributed by atoms with van der Waals surface area (Å²) in [6, 6.07) is 0. The van der Waals surface area contributed by atoms with E-state index in [1.807, 2.05) is 0 Å². The van der Waals surface area contributed by atoms with Crippen LogP contribution in [0.5, 0.6) is 0 Å². The fraction of sp³-hybridized carbons (Fsp3) is 0.600. The highest BCUT2D eigenvalue weighted by Crippen LogP contribution is 2.37. The van der Waals surface area contributed by atoms with Crippen molar-refractivity contribution < 1.29 is 20.1 Å². The van der Waals surface area contributed by atoms with Crippen molar-refractivity contribution in [3.63, 3.8) is 0 Å². The van der Waals surface area contributed by atoms with E-state index in [1.54, 1.807) is 0 Å². The normalized spacial score (nSPS) is 37.7. The lowest BCUT2D eigenvalue weighted by Crippen LogP contribution is -2.53. The smallest absolute Gasteiger partial charge is 0.254 e. The van der Waals surface area contributed by atoms with Crippen molar-refractivity contribution in [1.29, 1.82) is 0 Å². The number of nitrogens with two attached hydrogens (primary N) is 1. The lowest BCUT2D eigenvalue weighted by atomic mass is 10.1. The van der Waals surface area contributed by atoms with Crippen LogP contribution < -0.4 is 5.73 Å². The Morgan fingerprint density at radius 3 is 3.11 bits per heavy atom. The Morgan fingerprint density at radius 1 is 1.63 bits per heavy atom. The molecule has 0 aliphatic carbocycles. The van der Waals surface area contributed by atoms with Crippen molar-refractivity contribution in [2.24, 2.45) is 10.7 Å². The molecule has 4 atom stereocenters. The Labute approximate surface area is 108 Å². The van der Waals surface area contributed by atoms with E-state index in [1.165, 1.54) is 17.6 Å². The zero-order valence-corrected chi connectivity index (χ0v) is 9.97. The van der Waals surface area contributed by atoms with Crippen LogP contribution in [0, 0.1) is 0 Å². The number of nitrogens with zero attached hydrogens (tertiary/aromatic N) is 3. The number of imidazole rings is 1. The molecule has 2 aliphatic rings. The molecule has 3 rings (SSSR count). The van der Waals surface area contributed by atoms with Gasteiger partial charge in [-0.1, -0.05) is 0 Å². The Hall–Kier alpha value is -1.52. The molecule has 3 heterocycles. The molecule has 1 aromatic heterocycles. The average molecular weight is 269 g/mol. The molecule has 1 fully saturated rings. The summed E-state index contributed by atoms with van der Waals surface area (Å²) in [6.07, 6.45) is 0.120. The second kappa shape index (κ2) is 4.25. The van der Waals surface area contributed by atoms with Crippen molar-refractivity contribution in [1.82, 2.24) is 14.9 Å². The van der Waals surface area contributed by atoms with Gasteiger partial charge in [-0.3, -0.25) is 4.90 Å². The molecule has 1 aromatic rings. The summed E-state index contributed by atoms with van der Waals surface area (Å²) >= 11 is 0. The maximum absolute atomic E-state index is 10.4. The average Bonchev–Trinajstić information content (AvgIpc) is 2.95. The van der Waals surface area contributed by atoms with Gasteiger partial charge in [0.25, 0.3) is 5.91 Å². The Kier molecular flexibility index (Phi) is 2.80. The fourth-order valence-electron chi connectivity index (χ4n) is 2.35. The topological polar surface area (TPSA) is 140 Å². The van der Waals surface area contributed by atoms with E-state index in [0.29, 0.717) is 11.5 Å². The van der Waals surface area contributed by atoms with Gasteiger partial charge in [0.1, 0.15) is 12.3 Å². The highest BCUT2D eigenvalue weighted by atomic mass is 16.7. The summed E-state index contributed by atoms with van der Waals surface area (Å²) < 4.78 is 5.29. The molecule has 19 heavy (non-hydrogen) atoms. The van der Waals surface area contributed by atoms with E-state index in [0.717, 1.165) is 0 Å². The summed E-state index contributed by atoms with van der Waals surface area (Å²) in [4.78, 5) is 12.1. The molecule has 0 radical (unpaired) electrons. The molecule has 0 spiro atoms. The maximum Gasteiger partial charge on any atom is 0.254 e. The molecule has 0 bridgehead atoms. The van der Waals surface area contributed by atoms with Gasteiger partial charge in [-0.25, -0.2) is 9.98 Å². The van der Waals surface area contributed by atoms with Crippen LogP contribution in [-0.4, -0.2) is 61.3 Å². The van der Waals surface area contributed by atoms with Gasteiger partial charge in [0.2, 0.25) is 0 Å². The molecular weight excluding hydrogens is 254 g/mol.